The Morgan fingerprint density at radius 3 is 1.33 bits per heavy atom. The molecule has 35 heteroatoms. The summed E-state index contributed by atoms with van der Waals surface area (Å²) in [6.45, 7) is 44.9. The van der Waals surface area contributed by atoms with Gasteiger partial charge in [0.25, 0.3) is 0 Å². The minimum absolute atomic E-state index is 0.00683. The molecule has 800 valence electrons. The third kappa shape index (κ3) is 36.8. The first-order chi connectivity index (χ1) is 72.0. The summed E-state index contributed by atoms with van der Waals surface area (Å²) >= 11 is 24.6. The Morgan fingerprint density at radius 1 is 0.360 bits per heavy atom. The summed E-state index contributed by atoms with van der Waals surface area (Å²) in [4.78, 5) is 30.8. The van der Waals surface area contributed by atoms with E-state index in [2.05, 4.69) is 71.8 Å². The number of para-hydroxylation sites is 4. The largest absolute Gasteiger partial charge is 0.492 e. The molecule has 0 saturated carbocycles. The zero-order chi connectivity index (χ0) is 108. The summed E-state index contributed by atoms with van der Waals surface area (Å²) in [5.41, 5.74) is 6.13. The SMILES string of the molecule is CC(C)Oc1cc(OCC(F)(F)F)nc2c(Cl)cccc12.CC(C)Oc1cc(OCCN2CCOCC2)nc2c(Cl)cccc12.CC(C)Oc1ccnc2c(Cl)cccc12.CC(C)Oc1cnnc2cc(CO)ccc12.CC(C)Oc1nccc2cc(OCCN3CCOCC3)ccc12.CC(C)Oc1nncc2cc(CO)ccc12.CCCc1cc(OC(C)C)c2cccc(Cl)c2n1.CCOc1cc2ccccc2c(OC(C)C)n1. The normalized spacial score (nSPS) is 12.7. The summed E-state index contributed by atoms with van der Waals surface area (Å²) in [6, 6.07) is 58.5. The Labute approximate surface area is 894 Å². The standard InChI is InChI=1S/C18H23ClN2O3.C18H24N2O3.C15H18ClNO.C14H13ClF3NO2.C14H17NO2.C12H12ClNO.2C12H14N2O2/c1-13(2)24-16-12-17(20-18-14(16)4-3-5-15(18)19)23-11-8-21-6-9-22-10-7-21;1-14(2)23-18-17-4-3-16(13-15(17)5-6-19-18)22-12-9-20-7-10-21-11-8-20;1-4-6-11-9-14(18-10(2)3)12-7-5-8-13(16)15(12)17-11;1-8(2)21-11-6-12(20-7-14(16,17)18)19-13-9(11)4-3-5-10(13)15;1-4-16-13-9-11-7-5-6-8-12(11)14(15-13)17-10(2)3;1-8(2)15-11-6-7-14-12-9(11)4-3-5-10(12)13;1-8(2)16-12-11-4-3-9(7-15)5-10(11)6-13-14-12;1-8(2)16-12-6-13-14-11-5-9(7-15)3-4-10(11)12/h3-5,12-13H,6-11H2,1-2H3;3-6,13-14H,7-12H2,1-2H3;5,7-10H,4,6H2,1-3H3;3-6,8H,7H2,1-2H3;5-10H,4H2,1-3H3;3-8H,1-2H3;2*3-6,8,15H,7H2,1-2H3. The van der Waals surface area contributed by atoms with Gasteiger partial charge in [-0.05, 0) is 255 Å². The highest BCUT2D eigenvalue weighted by Gasteiger charge is 2.30. The highest BCUT2D eigenvalue weighted by molar-refractivity contribution is 6.36. The highest BCUT2D eigenvalue weighted by atomic mass is 35.5. The molecule has 0 radical (unpaired) electrons. The molecule has 0 aliphatic carbocycles. The summed E-state index contributed by atoms with van der Waals surface area (Å²) < 4.78 is 115. The van der Waals surface area contributed by atoms with Crippen molar-refractivity contribution in [2.75, 3.05) is 92.1 Å². The summed E-state index contributed by atoms with van der Waals surface area (Å²) in [5.74, 6) is 7.28. The molecule has 28 nitrogen and oxygen atoms in total. The van der Waals surface area contributed by atoms with Crippen LogP contribution in [0, 0.1) is 0 Å². The van der Waals surface area contributed by atoms with Gasteiger partial charge in [0.05, 0.1) is 155 Å². The summed E-state index contributed by atoms with van der Waals surface area (Å²) in [6.07, 6.45) is 4.92. The zero-order valence-corrected chi connectivity index (χ0v) is 91.2. The van der Waals surface area contributed by atoms with Crippen molar-refractivity contribution in [2.45, 2.75) is 206 Å². The molecule has 2 aliphatic heterocycles. The number of fused-ring (bicyclic) bond motifs is 8. The van der Waals surface area contributed by atoms with Crippen molar-refractivity contribution in [3.8, 4) is 69.8 Å². The summed E-state index contributed by atoms with van der Waals surface area (Å²) in [7, 11) is 0. The third-order valence-corrected chi connectivity index (χ3v) is 22.8. The third-order valence-electron chi connectivity index (χ3n) is 21.6. The monoisotopic (exact) mass is 2140 g/mol. The highest BCUT2D eigenvalue weighted by Crippen LogP contribution is 2.39. The van der Waals surface area contributed by atoms with Crippen LogP contribution in [-0.4, -0.2) is 217 Å². The van der Waals surface area contributed by atoms with Crippen molar-refractivity contribution >= 4 is 133 Å². The van der Waals surface area contributed by atoms with Crippen LogP contribution >= 0.6 is 46.4 Å². The molecular formula is C115H135Cl4F3N12O16. The fourth-order valence-corrected chi connectivity index (χ4v) is 16.1. The van der Waals surface area contributed by atoms with Crippen LogP contribution in [0.4, 0.5) is 13.2 Å². The predicted molar refractivity (Wildman–Crippen MR) is 590 cm³/mol. The van der Waals surface area contributed by atoms with Crippen molar-refractivity contribution < 1.29 is 89.7 Å². The van der Waals surface area contributed by atoms with Crippen molar-refractivity contribution in [3.05, 3.63) is 250 Å². The van der Waals surface area contributed by atoms with E-state index < -0.39 is 12.8 Å². The topological polar surface area (TPSA) is 305 Å². The number of rotatable bonds is 32. The molecule has 2 saturated heterocycles. The number of aliphatic hydroxyl groups excluding tert-OH is 2. The van der Waals surface area contributed by atoms with E-state index >= 15 is 0 Å². The lowest BCUT2D eigenvalue weighted by atomic mass is 10.1. The Bertz CT molecular complexity index is 6880. The number of hydrogen-bond donors (Lipinski definition) is 2. The number of ether oxygens (including phenoxy) is 14. The number of benzene rings is 8. The molecule has 2 aliphatic rings. The van der Waals surface area contributed by atoms with Gasteiger partial charge in [0, 0.05) is 130 Å². The van der Waals surface area contributed by atoms with Gasteiger partial charge in [-0.15, -0.1) is 5.10 Å². The molecule has 2 N–H and O–H groups in total. The zero-order valence-electron chi connectivity index (χ0n) is 88.2. The molecule has 0 atom stereocenters. The number of aryl methyl sites for hydroxylation is 1. The van der Waals surface area contributed by atoms with Crippen LogP contribution in [0.5, 0.6) is 69.8 Å². The van der Waals surface area contributed by atoms with E-state index in [0.29, 0.717) is 91.5 Å². The van der Waals surface area contributed by atoms with Crippen LogP contribution in [0.25, 0.3) is 86.8 Å². The quantitative estimate of drug-likeness (QED) is 0.0396. The number of alkyl halides is 3. The maximum Gasteiger partial charge on any atom is 0.422 e. The Balaban J connectivity index is 0.000000163. The van der Waals surface area contributed by atoms with Crippen LogP contribution in [0.3, 0.4) is 0 Å². The second kappa shape index (κ2) is 59.1. The van der Waals surface area contributed by atoms with Crippen LogP contribution in [0.2, 0.25) is 20.1 Å². The molecular weight excluding hydrogens is 2000 g/mol. The Hall–Kier alpha value is -12.8. The van der Waals surface area contributed by atoms with Gasteiger partial charge in [-0.25, -0.2) is 15.0 Å². The van der Waals surface area contributed by atoms with Crippen LogP contribution in [0.15, 0.2) is 213 Å². The Morgan fingerprint density at radius 2 is 0.793 bits per heavy atom. The van der Waals surface area contributed by atoms with Gasteiger partial charge in [-0.3, -0.25) is 19.8 Å². The second-order valence-corrected chi connectivity index (χ2v) is 38.5. The molecule has 0 bridgehead atoms. The lowest BCUT2D eigenvalue weighted by Crippen LogP contribution is -2.38. The van der Waals surface area contributed by atoms with Gasteiger partial charge in [0.2, 0.25) is 35.3 Å². The number of aliphatic hydroxyl groups is 2. The first-order valence-corrected chi connectivity index (χ1v) is 51.8. The average Bonchev–Trinajstić information content (AvgIpc) is 0.793. The van der Waals surface area contributed by atoms with Gasteiger partial charge in [-0.2, -0.15) is 33.5 Å². The average molecular weight is 2140 g/mol. The maximum atomic E-state index is 12.2. The second-order valence-electron chi connectivity index (χ2n) is 36.8. The fourth-order valence-electron chi connectivity index (χ4n) is 15.2. The van der Waals surface area contributed by atoms with E-state index in [9.17, 15) is 13.2 Å². The van der Waals surface area contributed by atoms with Gasteiger partial charge in [-0.1, -0.05) is 114 Å². The molecule has 8 aromatic carbocycles. The number of nitrogens with zero attached hydrogens (tertiary/aromatic N) is 12. The van der Waals surface area contributed by atoms with E-state index in [1.54, 1.807) is 43.0 Å². The minimum atomic E-state index is -4.43. The van der Waals surface area contributed by atoms with E-state index in [0.717, 1.165) is 195 Å². The number of halogens is 7. The molecule has 150 heavy (non-hydrogen) atoms. The fraction of sp³-hybridized carbons (Fsp3) is 0.391. The van der Waals surface area contributed by atoms with E-state index in [1.807, 2.05) is 281 Å². The predicted octanol–water partition coefficient (Wildman–Crippen LogP) is 26.3. The smallest absolute Gasteiger partial charge is 0.422 e. The van der Waals surface area contributed by atoms with Crippen LogP contribution < -0.4 is 56.8 Å². The van der Waals surface area contributed by atoms with Gasteiger partial charge < -0.3 is 76.5 Å². The van der Waals surface area contributed by atoms with Crippen molar-refractivity contribution in [3.63, 3.8) is 0 Å². The van der Waals surface area contributed by atoms with Crippen LogP contribution in [-0.2, 0) is 29.1 Å². The summed E-state index contributed by atoms with van der Waals surface area (Å²) in [5, 5.41) is 46.5. The minimum Gasteiger partial charge on any atom is -0.492 e. The molecule has 8 aromatic heterocycles. The molecule has 16 aromatic rings. The first kappa shape index (κ1) is 117. The number of pyridine rings is 6. The van der Waals surface area contributed by atoms with E-state index in [-0.39, 0.29) is 67.9 Å². The molecule has 10 heterocycles. The number of hydrogen-bond acceptors (Lipinski definition) is 28. The number of morpholine rings is 2. The lowest BCUT2D eigenvalue weighted by Gasteiger charge is -2.26. The lowest BCUT2D eigenvalue weighted by molar-refractivity contribution is -0.154. The molecule has 2 fully saturated rings. The molecule has 0 unspecified atom stereocenters. The van der Waals surface area contributed by atoms with E-state index in [1.165, 1.54) is 6.07 Å². The van der Waals surface area contributed by atoms with Crippen molar-refractivity contribution in [2.24, 2.45) is 0 Å². The van der Waals surface area contributed by atoms with Crippen molar-refractivity contribution in [1.29, 1.82) is 0 Å². The molecule has 18 rings (SSSR count). The molecule has 0 amide bonds. The van der Waals surface area contributed by atoms with E-state index in [4.69, 9.17) is 118 Å². The van der Waals surface area contributed by atoms with Crippen LogP contribution in [0.1, 0.15) is 148 Å². The van der Waals surface area contributed by atoms with Gasteiger partial charge >= 0.3 is 6.18 Å². The van der Waals surface area contributed by atoms with Crippen molar-refractivity contribution in [1.82, 2.24) is 60.1 Å². The van der Waals surface area contributed by atoms with Gasteiger partial charge in [0.15, 0.2) is 6.61 Å². The van der Waals surface area contributed by atoms with Gasteiger partial charge in [0.1, 0.15) is 47.7 Å². The number of aromatic nitrogens is 10. The first-order valence-electron chi connectivity index (χ1n) is 50.3. The maximum absolute atomic E-state index is 12.2. The molecule has 0 spiro atoms. The Kier molecular flexibility index (Phi) is 46.3.